The third-order valence-electron chi connectivity index (χ3n) is 5.29. The van der Waals surface area contributed by atoms with Gasteiger partial charge in [-0.25, -0.2) is 4.98 Å². The van der Waals surface area contributed by atoms with Crippen molar-refractivity contribution in [2.24, 2.45) is 0 Å². The van der Waals surface area contributed by atoms with E-state index in [1.807, 2.05) is 11.6 Å². The number of likely N-dealkylation sites (tertiary alicyclic amines) is 1. The van der Waals surface area contributed by atoms with Gasteiger partial charge >= 0.3 is 0 Å². The molecule has 0 spiro atoms. The number of nitrogens with one attached hydrogen (secondary N) is 1. The van der Waals surface area contributed by atoms with Crippen molar-refractivity contribution in [3.8, 4) is 0 Å². The molecule has 0 unspecified atom stereocenters. The highest BCUT2D eigenvalue weighted by Gasteiger charge is 2.32. The van der Waals surface area contributed by atoms with Gasteiger partial charge in [-0.1, -0.05) is 11.6 Å². The Labute approximate surface area is 144 Å². The molecule has 0 bridgehead atoms. The molecule has 2 aliphatic rings. The molecule has 0 saturated carbocycles. The monoisotopic (exact) mass is 331 g/mol. The summed E-state index contributed by atoms with van der Waals surface area (Å²) < 4.78 is 1.86. The van der Waals surface area contributed by atoms with E-state index in [4.69, 9.17) is 0 Å². The van der Waals surface area contributed by atoms with Crippen LogP contribution in [0.3, 0.4) is 0 Å². The molecule has 6 nitrogen and oxygen atoms in total. The van der Waals surface area contributed by atoms with Crippen molar-refractivity contribution in [2.45, 2.75) is 70.5 Å². The second kappa shape index (κ2) is 8.42. The van der Waals surface area contributed by atoms with E-state index in [0.717, 1.165) is 38.9 Å². The third kappa shape index (κ3) is 4.44. The highest BCUT2D eigenvalue weighted by molar-refractivity contribution is 5.81. The Balaban J connectivity index is 1.46. The van der Waals surface area contributed by atoms with Gasteiger partial charge in [0.25, 0.3) is 0 Å². The Kier molecular flexibility index (Phi) is 6.01. The van der Waals surface area contributed by atoms with Crippen LogP contribution in [0.4, 0.5) is 0 Å². The number of aromatic nitrogens is 3. The minimum Gasteiger partial charge on any atom is -0.354 e. The molecule has 1 aliphatic heterocycles. The van der Waals surface area contributed by atoms with E-state index >= 15 is 0 Å². The first-order chi connectivity index (χ1) is 11.7. The number of nitrogens with zero attached hydrogens (tertiary/aromatic N) is 4. The van der Waals surface area contributed by atoms with Gasteiger partial charge < -0.3 is 5.32 Å². The molecule has 1 saturated heterocycles. The van der Waals surface area contributed by atoms with Gasteiger partial charge in [-0.05, 0) is 58.4 Å². The number of carbonyl (C=O) groups excluding carboxylic acids is 1. The number of hydrogen-bond donors (Lipinski definition) is 1. The standard InChI is InChI=1S/C18H29N5O/c1-15(18(24)20-10-9-16-6-3-2-4-7-16)23-11-5-8-17(23)12-22-14-19-13-21-22/h6,13-15,17H,2-5,7-12H2,1H3,(H,20,24)/t15-,17-/m0/s1. The maximum absolute atomic E-state index is 12.5. The molecule has 6 heteroatoms. The average Bonchev–Trinajstić information content (AvgIpc) is 3.27. The van der Waals surface area contributed by atoms with Crippen LogP contribution in [-0.4, -0.2) is 50.7 Å². The number of carbonyl (C=O) groups is 1. The summed E-state index contributed by atoms with van der Waals surface area (Å²) >= 11 is 0. The van der Waals surface area contributed by atoms with E-state index in [1.54, 1.807) is 12.7 Å². The van der Waals surface area contributed by atoms with Crippen LogP contribution in [0.15, 0.2) is 24.3 Å². The van der Waals surface area contributed by atoms with Gasteiger partial charge in [-0.2, -0.15) is 5.10 Å². The topological polar surface area (TPSA) is 63.1 Å². The molecule has 2 heterocycles. The van der Waals surface area contributed by atoms with Crippen LogP contribution in [0.1, 0.15) is 51.9 Å². The minimum atomic E-state index is -0.0821. The molecule has 132 valence electrons. The van der Waals surface area contributed by atoms with Crippen molar-refractivity contribution in [1.29, 1.82) is 0 Å². The highest BCUT2D eigenvalue weighted by Crippen LogP contribution is 2.22. The fraction of sp³-hybridized carbons (Fsp3) is 0.722. The lowest BCUT2D eigenvalue weighted by Gasteiger charge is -2.29. The Bertz CT molecular complexity index is 554. The second-order valence-corrected chi connectivity index (χ2v) is 6.98. The lowest BCUT2D eigenvalue weighted by Crippen LogP contribution is -2.48. The average molecular weight is 331 g/mol. The fourth-order valence-electron chi connectivity index (χ4n) is 3.88. The molecule has 1 aliphatic carbocycles. The lowest BCUT2D eigenvalue weighted by molar-refractivity contribution is -0.126. The Morgan fingerprint density at radius 1 is 1.42 bits per heavy atom. The van der Waals surface area contributed by atoms with E-state index in [1.165, 1.54) is 31.3 Å². The van der Waals surface area contributed by atoms with Crippen molar-refractivity contribution >= 4 is 5.91 Å². The van der Waals surface area contributed by atoms with E-state index in [-0.39, 0.29) is 11.9 Å². The van der Waals surface area contributed by atoms with Gasteiger partial charge in [0.1, 0.15) is 12.7 Å². The first-order valence-electron chi connectivity index (χ1n) is 9.28. The molecular formula is C18H29N5O. The minimum absolute atomic E-state index is 0.0821. The molecule has 1 N–H and O–H groups in total. The van der Waals surface area contributed by atoms with Gasteiger partial charge in [-0.3, -0.25) is 14.4 Å². The van der Waals surface area contributed by atoms with E-state index in [2.05, 4.69) is 26.4 Å². The Morgan fingerprint density at radius 3 is 3.08 bits per heavy atom. The first-order valence-corrected chi connectivity index (χ1v) is 9.28. The van der Waals surface area contributed by atoms with E-state index in [9.17, 15) is 4.79 Å². The first kappa shape index (κ1) is 17.1. The molecule has 24 heavy (non-hydrogen) atoms. The van der Waals surface area contributed by atoms with Crippen molar-refractivity contribution in [1.82, 2.24) is 25.0 Å². The third-order valence-corrected chi connectivity index (χ3v) is 5.29. The summed E-state index contributed by atoms with van der Waals surface area (Å²) in [7, 11) is 0. The van der Waals surface area contributed by atoms with Crippen LogP contribution >= 0.6 is 0 Å². The van der Waals surface area contributed by atoms with Gasteiger partial charge in [0.05, 0.1) is 12.6 Å². The van der Waals surface area contributed by atoms with Crippen LogP contribution in [0.2, 0.25) is 0 Å². The molecular weight excluding hydrogens is 302 g/mol. The zero-order valence-corrected chi connectivity index (χ0v) is 14.7. The quantitative estimate of drug-likeness (QED) is 0.778. The zero-order valence-electron chi connectivity index (χ0n) is 14.7. The highest BCUT2D eigenvalue weighted by atomic mass is 16.2. The Hall–Kier alpha value is -1.69. The summed E-state index contributed by atoms with van der Waals surface area (Å²) in [5.74, 6) is 0.150. The molecule has 2 atom stereocenters. The largest absolute Gasteiger partial charge is 0.354 e. The SMILES string of the molecule is C[C@@H](C(=O)NCCC1=CCCCC1)N1CCC[C@H]1Cn1cncn1. The molecule has 1 fully saturated rings. The zero-order chi connectivity index (χ0) is 16.8. The number of allylic oxidation sites excluding steroid dienone is 1. The number of hydrogen-bond acceptors (Lipinski definition) is 4. The molecule has 1 aromatic heterocycles. The van der Waals surface area contributed by atoms with Gasteiger partial charge in [0, 0.05) is 12.6 Å². The van der Waals surface area contributed by atoms with Crippen molar-refractivity contribution in [2.75, 3.05) is 13.1 Å². The van der Waals surface area contributed by atoms with Gasteiger partial charge in [0.2, 0.25) is 5.91 Å². The van der Waals surface area contributed by atoms with E-state index in [0.29, 0.717) is 6.04 Å². The van der Waals surface area contributed by atoms with Crippen molar-refractivity contribution < 1.29 is 4.79 Å². The molecule has 0 radical (unpaired) electrons. The number of rotatable bonds is 7. The maximum Gasteiger partial charge on any atom is 0.237 e. The normalized spacial score (nSPS) is 23.0. The van der Waals surface area contributed by atoms with Crippen molar-refractivity contribution in [3.63, 3.8) is 0 Å². The van der Waals surface area contributed by atoms with Crippen LogP contribution < -0.4 is 5.32 Å². The lowest BCUT2D eigenvalue weighted by atomic mass is 9.97. The maximum atomic E-state index is 12.5. The van der Waals surface area contributed by atoms with Gasteiger partial charge in [-0.15, -0.1) is 0 Å². The van der Waals surface area contributed by atoms with Crippen LogP contribution in [0.25, 0.3) is 0 Å². The van der Waals surface area contributed by atoms with Crippen molar-refractivity contribution in [3.05, 3.63) is 24.3 Å². The predicted octanol–water partition coefficient (Wildman–Crippen LogP) is 2.14. The Morgan fingerprint density at radius 2 is 2.33 bits per heavy atom. The summed E-state index contributed by atoms with van der Waals surface area (Å²) in [6.07, 6.45) is 14.0. The van der Waals surface area contributed by atoms with Crippen LogP contribution in [-0.2, 0) is 11.3 Å². The summed E-state index contributed by atoms with van der Waals surface area (Å²) in [6, 6.07) is 0.287. The molecule has 3 rings (SSSR count). The summed E-state index contributed by atoms with van der Waals surface area (Å²) in [4.78, 5) is 18.8. The van der Waals surface area contributed by atoms with Crippen LogP contribution in [0.5, 0.6) is 0 Å². The van der Waals surface area contributed by atoms with E-state index < -0.39 is 0 Å². The predicted molar refractivity (Wildman–Crippen MR) is 93.4 cm³/mol. The molecule has 1 aromatic rings. The fourth-order valence-corrected chi connectivity index (χ4v) is 3.88. The summed E-state index contributed by atoms with van der Waals surface area (Å²) in [6.45, 7) is 4.58. The second-order valence-electron chi connectivity index (χ2n) is 6.98. The molecule has 0 aromatic carbocycles. The molecule has 1 amide bonds. The smallest absolute Gasteiger partial charge is 0.237 e. The van der Waals surface area contributed by atoms with Crippen LogP contribution in [0, 0.1) is 0 Å². The van der Waals surface area contributed by atoms with Gasteiger partial charge in [0.15, 0.2) is 0 Å². The summed E-state index contributed by atoms with van der Waals surface area (Å²) in [5, 5.41) is 7.32. The number of amides is 1. The summed E-state index contributed by atoms with van der Waals surface area (Å²) in [5.41, 5.74) is 1.51.